The lowest BCUT2D eigenvalue weighted by Crippen LogP contribution is -2.54. The third kappa shape index (κ3) is 6.14. The van der Waals surface area contributed by atoms with E-state index in [9.17, 15) is 24.0 Å². The highest BCUT2D eigenvalue weighted by atomic mass is 35.5. The number of carbonyl (C=O) groups excluding carboxylic acids is 5. The van der Waals surface area contributed by atoms with Crippen LogP contribution >= 0.6 is 11.6 Å². The summed E-state index contributed by atoms with van der Waals surface area (Å²) in [6.07, 6.45) is 0.0709. The lowest BCUT2D eigenvalue weighted by molar-refractivity contribution is -0.136. The van der Waals surface area contributed by atoms with Gasteiger partial charge in [-0.25, -0.2) is 0 Å². The third-order valence-electron chi connectivity index (χ3n) is 4.94. The van der Waals surface area contributed by atoms with E-state index in [0.29, 0.717) is 25.7 Å². The van der Waals surface area contributed by atoms with Gasteiger partial charge in [0.05, 0.1) is 49.8 Å². The van der Waals surface area contributed by atoms with Gasteiger partial charge in [-0.3, -0.25) is 34.2 Å². The molecule has 1 saturated heterocycles. The number of ether oxygens (including phenoxy) is 3. The number of piperidine rings is 1. The molecular formula is C21H24ClN3O8. The van der Waals surface area contributed by atoms with Crippen LogP contribution in [-0.2, 0) is 28.6 Å². The van der Waals surface area contributed by atoms with Crippen LogP contribution in [0.15, 0.2) is 18.2 Å². The van der Waals surface area contributed by atoms with Crippen molar-refractivity contribution in [2.24, 2.45) is 0 Å². The van der Waals surface area contributed by atoms with Gasteiger partial charge >= 0.3 is 0 Å². The van der Waals surface area contributed by atoms with Crippen molar-refractivity contribution in [1.29, 1.82) is 0 Å². The molecule has 2 heterocycles. The number of nitrogens with zero attached hydrogens (tertiary/aromatic N) is 1. The first-order chi connectivity index (χ1) is 15.9. The summed E-state index contributed by atoms with van der Waals surface area (Å²) >= 11 is 5.48. The lowest BCUT2D eigenvalue weighted by Gasteiger charge is -2.27. The van der Waals surface area contributed by atoms with Crippen molar-refractivity contribution < 1.29 is 38.2 Å². The summed E-state index contributed by atoms with van der Waals surface area (Å²) in [4.78, 5) is 62.4. The smallest absolute Gasteiger partial charge is 0.264 e. The molecule has 2 aliphatic heterocycles. The Morgan fingerprint density at radius 1 is 1.03 bits per heavy atom. The van der Waals surface area contributed by atoms with Gasteiger partial charge in [0.25, 0.3) is 11.8 Å². The highest BCUT2D eigenvalue weighted by Gasteiger charge is 2.45. The average Bonchev–Trinajstić information content (AvgIpc) is 3.04. The standard InChI is InChI=1S/C21H24ClN3O8/c22-6-7-31-8-9-32-10-11-33-12-17(27)23-14-3-1-2-13-18(14)21(30)25(20(13)29)15-4-5-16(26)24-19(15)28/h1-3,15H,4-12H2,(H,23,27)(H,24,26,28). The number of halogens is 1. The van der Waals surface area contributed by atoms with Gasteiger partial charge in [0.15, 0.2) is 0 Å². The fourth-order valence-corrected chi connectivity index (χ4v) is 3.57. The molecule has 2 aliphatic rings. The summed E-state index contributed by atoms with van der Waals surface area (Å²) in [5, 5.41) is 4.71. The molecule has 0 saturated carbocycles. The van der Waals surface area contributed by atoms with E-state index in [2.05, 4.69) is 10.6 Å². The molecular weight excluding hydrogens is 458 g/mol. The van der Waals surface area contributed by atoms with Crippen LogP contribution in [0.2, 0.25) is 0 Å². The quantitative estimate of drug-likeness (QED) is 0.247. The topological polar surface area (TPSA) is 140 Å². The van der Waals surface area contributed by atoms with Gasteiger partial charge in [-0.2, -0.15) is 0 Å². The minimum Gasteiger partial charge on any atom is -0.378 e. The highest BCUT2D eigenvalue weighted by molar-refractivity contribution is 6.26. The van der Waals surface area contributed by atoms with Gasteiger partial charge < -0.3 is 19.5 Å². The molecule has 0 radical (unpaired) electrons. The molecule has 12 heteroatoms. The summed E-state index contributed by atoms with van der Waals surface area (Å²) in [7, 11) is 0. The van der Waals surface area contributed by atoms with E-state index in [1.807, 2.05) is 0 Å². The van der Waals surface area contributed by atoms with Crippen LogP contribution in [0.25, 0.3) is 0 Å². The molecule has 178 valence electrons. The molecule has 1 fully saturated rings. The number of hydrogen-bond acceptors (Lipinski definition) is 8. The molecule has 0 spiro atoms. The predicted molar refractivity (Wildman–Crippen MR) is 115 cm³/mol. The number of rotatable bonds is 12. The normalized spacial score (nSPS) is 17.8. The molecule has 3 rings (SSSR count). The zero-order valence-electron chi connectivity index (χ0n) is 17.8. The maximum absolute atomic E-state index is 13.0. The van der Waals surface area contributed by atoms with Crippen molar-refractivity contribution in [1.82, 2.24) is 10.2 Å². The SMILES string of the molecule is O=C1CCC(N2C(=O)c3cccc(NC(=O)COCCOCCOCCCl)c3C2=O)C(=O)N1. The van der Waals surface area contributed by atoms with Crippen molar-refractivity contribution in [2.45, 2.75) is 18.9 Å². The Morgan fingerprint density at radius 3 is 2.42 bits per heavy atom. The van der Waals surface area contributed by atoms with Gasteiger partial charge in [0.2, 0.25) is 17.7 Å². The Labute approximate surface area is 194 Å². The first kappa shape index (κ1) is 24.8. The number of anilines is 1. The maximum Gasteiger partial charge on any atom is 0.264 e. The second kappa shape index (κ2) is 11.8. The summed E-state index contributed by atoms with van der Waals surface area (Å²) in [5.41, 5.74) is 0.218. The Balaban J connectivity index is 1.52. The Hall–Kier alpha value is -2.86. The van der Waals surface area contributed by atoms with Crippen LogP contribution in [0, 0.1) is 0 Å². The molecule has 5 amide bonds. The fraction of sp³-hybridized carbons (Fsp3) is 0.476. The van der Waals surface area contributed by atoms with Crippen LogP contribution in [0.5, 0.6) is 0 Å². The zero-order chi connectivity index (χ0) is 23.8. The van der Waals surface area contributed by atoms with E-state index in [-0.39, 0.29) is 49.5 Å². The van der Waals surface area contributed by atoms with Crippen molar-refractivity contribution in [3.05, 3.63) is 29.3 Å². The number of carbonyl (C=O) groups is 5. The van der Waals surface area contributed by atoms with Gasteiger partial charge in [-0.05, 0) is 18.6 Å². The Bertz CT molecular complexity index is 938. The van der Waals surface area contributed by atoms with Crippen molar-refractivity contribution >= 4 is 46.8 Å². The molecule has 1 aromatic carbocycles. The molecule has 11 nitrogen and oxygen atoms in total. The Morgan fingerprint density at radius 2 is 1.73 bits per heavy atom. The molecule has 0 bridgehead atoms. The van der Waals surface area contributed by atoms with Crippen molar-refractivity contribution in [3.8, 4) is 0 Å². The monoisotopic (exact) mass is 481 g/mol. The largest absolute Gasteiger partial charge is 0.378 e. The van der Waals surface area contributed by atoms with E-state index in [0.717, 1.165) is 4.90 Å². The highest BCUT2D eigenvalue weighted by Crippen LogP contribution is 2.32. The molecule has 1 aromatic rings. The van der Waals surface area contributed by atoms with Crippen molar-refractivity contribution in [2.75, 3.05) is 50.8 Å². The van der Waals surface area contributed by atoms with Crippen LogP contribution < -0.4 is 10.6 Å². The number of hydrogen-bond donors (Lipinski definition) is 2. The number of benzene rings is 1. The van der Waals surface area contributed by atoms with Gasteiger partial charge in [-0.15, -0.1) is 11.6 Å². The third-order valence-corrected chi connectivity index (χ3v) is 5.10. The van der Waals surface area contributed by atoms with Crippen LogP contribution in [0.4, 0.5) is 5.69 Å². The molecule has 1 atom stereocenters. The Kier molecular flexibility index (Phi) is 8.89. The summed E-state index contributed by atoms with van der Waals surface area (Å²) < 4.78 is 15.7. The van der Waals surface area contributed by atoms with Crippen LogP contribution in [0.3, 0.4) is 0 Å². The summed E-state index contributed by atoms with van der Waals surface area (Å²) in [6.45, 7) is 1.40. The second-order valence-corrected chi connectivity index (χ2v) is 7.57. The average molecular weight is 482 g/mol. The van der Waals surface area contributed by atoms with E-state index >= 15 is 0 Å². The fourth-order valence-electron chi connectivity index (χ4n) is 3.46. The number of imide groups is 2. The summed E-state index contributed by atoms with van der Waals surface area (Å²) in [5.74, 6) is -2.61. The molecule has 2 N–H and O–H groups in total. The minimum atomic E-state index is -1.08. The predicted octanol–water partition coefficient (Wildman–Crippen LogP) is 0.315. The molecule has 0 aliphatic carbocycles. The molecule has 0 aromatic heterocycles. The van der Waals surface area contributed by atoms with Crippen LogP contribution in [0.1, 0.15) is 33.6 Å². The minimum absolute atomic E-state index is 0.000768. The first-order valence-corrected chi connectivity index (χ1v) is 10.9. The maximum atomic E-state index is 13.0. The number of fused-ring (bicyclic) bond motifs is 1. The van der Waals surface area contributed by atoms with Gasteiger partial charge in [0, 0.05) is 12.3 Å². The zero-order valence-corrected chi connectivity index (χ0v) is 18.5. The van der Waals surface area contributed by atoms with Gasteiger partial charge in [0.1, 0.15) is 12.6 Å². The van der Waals surface area contributed by atoms with E-state index in [1.54, 1.807) is 0 Å². The number of amides is 5. The van der Waals surface area contributed by atoms with Gasteiger partial charge in [-0.1, -0.05) is 6.07 Å². The van der Waals surface area contributed by atoms with E-state index in [4.69, 9.17) is 25.8 Å². The van der Waals surface area contributed by atoms with Crippen LogP contribution in [-0.4, -0.2) is 86.0 Å². The van der Waals surface area contributed by atoms with Crippen molar-refractivity contribution in [3.63, 3.8) is 0 Å². The molecule has 33 heavy (non-hydrogen) atoms. The summed E-state index contributed by atoms with van der Waals surface area (Å²) in [6, 6.07) is 3.37. The molecule has 1 unspecified atom stereocenters. The second-order valence-electron chi connectivity index (χ2n) is 7.19. The van der Waals surface area contributed by atoms with E-state index in [1.165, 1.54) is 18.2 Å². The first-order valence-electron chi connectivity index (χ1n) is 10.4. The number of nitrogens with one attached hydrogen (secondary N) is 2. The lowest BCUT2D eigenvalue weighted by atomic mass is 10.0. The number of alkyl halides is 1. The van der Waals surface area contributed by atoms with E-state index < -0.39 is 35.6 Å².